The average Bonchev–Trinajstić information content (AvgIpc) is 2.71. The molecule has 1 unspecified atom stereocenters. The summed E-state index contributed by atoms with van der Waals surface area (Å²) in [5, 5.41) is 7.93. The molecule has 0 aliphatic heterocycles. The Bertz CT molecular complexity index is 981. The lowest BCUT2D eigenvalue weighted by Crippen LogP contribution is -2.40. The third kappa shape index (κ3) is 8.14. The summed E-state index contributed by atoms with van der Waals surface area (Å²) in [6.45, 7) is 6.84. The molecule has 0 saturated heterocycles. The van der Waals surface area contributed by atoms with Gasteiger partial charge < -0.3 is 20.1 Å². The summed E-state index contributed by atoms with van der Waals surface area (Å²) in [4.78, 5) is 36.7. The highest BCUT2D eigenvalue weighted by Crippen LogP contribution is 2.28. The lowest BCUT2D eigenvalue weighted by molar-refractivity contribution is -0.123. The molecule has 0 saturated carbocycles. The van der Waals surface area contributed by atoms with E-state index in [0.29, 0.717) is 17.1 Å². The van der Waals surface area contributed by atoms with E-state index < -0.39 is 29.6 Å². The second-order valence-corrected chi connectivity index (χ2v) is 8.01. The molecule has 3 N–H and O–H groups in total. The van der Waals surface area contributed by atoms with Crippen molar-refractivity contribution in [2.45, 2.75) is 39.3 Å². The van der Waals surface area contributed by atoms with E-state index in [1.807, 2.05) is 30.3 Å². The van der Waals surface area contributed by atoms with Crippen LogP contribution in [0.4, 0.5) is 16.2 Å². The summed E-state index contributed by atoms with van der Waals surface area (Å²) >= 11 is 0. The average molecular weight is 440 g/mol. The van der Waals surface area contributed by atoms with Crippen LogP contribution in [0.1, 0.15) is 33.3 Å². The van der Waals surface area contributed by atoms with Crippen molar-refractivity contribution in [2.24, 2.45) is 0 Å². The molecule has 8 heteroatoms. The highest BCUT2D eigenvalue weighted by Gasteiger charge is 2.19. The van der Waals surface area contributed by atoms with Crippen molar-refractivity contribution in [3.05, 3.63) is 60.2 Å². The van der Waals surface area contributed by atoms with Gasteiger partial charge in [0.1, 0.15) is 17.4 Å². The third-order valence-corrected chi connectivity index (χ3v) is 4.08. The lowest BCUT2D eigenvalue weighted by Gasteiger charge is -2.20. The van der Waals surface area contributed by atoms with Crippen LogP contribution in [-0.2, 0) is 14.3 Å². The number of hydrogen-bond acceptors (Lipinski definition) is 5. The first-order valence-corrected chi connectivity index (χ1v) is 10.1. The van der Waals surface area contributed by atoms with E-state index in [4.69, 9.17) is 9.47 Å². The fourth-order valence-electron chi connectivity index (χ4n) is 2.61. The normalized spacial score (nSPS) is 12.0. The summed E-state index contributed by atoms with van der Waals surface area (Å²) in [7, 11) is 1.47. The molecule has 170 valence electrons. The maximum Gasteiger partial charge on any atom is 0.412 e. The van der Waals surface area contributed by atoms with Gasteiger partial charge in [-0.05, 0) is 57.5 Å². The Morgan fingerprint density at radius 2 is 1.69 bits per heavy atom. The first-order valence-electron chi connectivity index (χ1n) is 10.1. The maximum absolute atomic E-state index is 12.5. The van der Waals surface area contributed by atoms with Crippen LogP contribution in [0.25, 0.3) is 6.08 Å². The van der Waals surface area contributed by atoms with E-state index in [1.54, 1.807) is 52.0 Å². The van der Waals surface area contributed by atoms with E-state index in [0.717, 1.165) is 5.56 Å². The number of carbonyl (C=O) groups is 3. The SMILES string of the molecule is COc1ccc(NC(=O)C(C)NC(=O)/C=C/c2ccccc2)cc1NC(=O)OC(C)(C)C. The molecule has 2 aromatic carbocycles. The number of amides is 3. The van der Waals surface area contributed by atoms with Crippen LogP contribution in [-0.4, -0.2) is 36.7 Å². The second-order valence-electron chi connectivity index (χ2n) is 8.01. The summed E-state index contributed by atoms with van der Waals surface area (Å²) in [5.74, 6) is -0.403. The van der Waals surface area contributed by atoms with Gasteiger partial charge in [0.25, 0.3) is 0 Å². The first-order chi connectivity index (χ1) is 15.1. The van der Waals surface area contributed by atoms with E-state index >= 15 is 0 Å². The summed E-state index contributed by atoms with van der Waals surface area (Å²) < 4.78 is 10.5. The Morgan fingerprint density at radius 1 is 1.00 bits per heavy atom. The Kier molecular flexibility index (Phi) is 8.40. The fraction of sp³-hybridized carbons (Fsp3) is 0.292. The third-order valence-electron chi connectivity index (χ3n) is 4.08. The van der Waals surface area contributed by atoms with Crippen LogP contribution < -0.4 is 20.7 Å². The molecular weight excluding hydrogens is 410 g/mol. The van der Waals surface area contributed by atoms with Crippen molar-refractivity contribution in [1.29, 1.82) is 0 Å². The first kappa shape index (κ1) is 24.5. The molecule has 2 rings (SSSR count). The number of anilines is 2. The van der Waals surface area contributed by atoms with Gasteiger partial charge in [-0.2, -0.15) is 0 Å². The van der Waals surface area contributed by atoms with Crippen molar-refractivity contribution < 1.29 is 23.9 Å². The van der Waals surface area contributed by atoms with Gasteiger partial charge in [0.05, 0.1) is 12.8 Å². The predicted octanol–water partition coefficient (Wildman–Crippen LogP) is 4.20. The van der Waals surface area contributed by atoms with Crippen LogP contribution in [0.2, 0.25) is 0 Å². The molecule has 0 radical (unpaired) electrons. The minimum atomic E-state index is -0.785. The van der Waals surface area contributed by atoms with Gasteiger partial charge in [-0.15, -0.1) is 0 Å². The molecular formula is C24H29N3O5. The van der Waals surface area contributed by atoms with Crippen LogP contribution in [0.15, 0.2) is 54.6 Å². The van der Waals surface area contributed by atoms with Crippen LogP contribution in [0.5, 0.6) is 5.75 Å². The van der Waals surface area contributed by atoms with Crippen molar-refractivity contribution in [3.63, 3.8) is 0 Å². The van der Waals surface area contributed by atoms with Gasteiger partial charge in [0.2, 0.25) is 11.8 Å². The Hall–Kier alpha value is -3.81. The molecule has 0 heterocycles. The molecule has 0 aliphatic rings. The largest absolute Gasteiger partial charge is 0.495 e. The fourth-order valence-corrected chi connectivity index (χ4v) is 2.61. The van der Waals surface area contributed by atoms with Gasteiger partial charge in [-0.3, -0.25) is 14.9 Å². The van der Waals surface area contributed by atoms with Gasteiger partial charge in [0, 0.05) is 11.8 Å². The zero-order valence-corrected chi connectivity index (χ0v) is 18.9. The lowest BCUT2D eigenvalue weighted by atomic mass is 10.2. The molecule has 0 aromatic heterocycles. The van der Waals surface area contributed by atoms with Crippen LogP contribution in [0.3, 0.4) is 0 Å². The number of methoxy groups -OCH3 is 1. The quantitative estimate of drug-likeness (QED) is 0.561. The number of carbonyl (C=O) groups excluding carboxylic acids is 3. The van der Waals surface area contributed by atoms with E-state index in [2.05, 4.69) is 16.0 Å². The monoisotopic (exact) mass is 439 g/mol. The number of ether oxygens (including phenoxy) is 2. The van der Waals surface area contributed by atoms with E-state index in [9.17, 15) is 14.4 Å². The number of benzene rings is 2. The minimum Gasteiger partial charge on any atom is -0.495 e. The summed E-state index contributed by atoms with van der Waals surface area (Å²) in [6, 6.07) is 13.4. The van der Waals surface area contributed by atoms with Crippen molar-refractivity contribution >= 4 is 35.4 Å². The van der Waals surface area contributed by atoms with Crippen LogP contribution >= 0.6 is 0 Å². The smallest absolute Gasteiger partial charge is 0.412 e. The van der Waals surface area contributed by atoms with Gasteiger partial charge in [-0.25, -0.2) is 4.79 Å². The zero-order valence-electron chi connectivity index (χ0n) is 18.9. The molecule has 32 heavy (non-hydrogen) atoms. The van der Waals surface area contributed by atoms with Crippen LogP contribution in [0, 0.1) is 0 Å². The number of hydrogen-bond donors (Lipinski definition) is 3. The molecule has 0 bridgehead atoms. The molecule has 0 spiro atoms. The molecule has 0 aliphatic carbocycles. The predicted molar refractivity (Wildman–Crippen MR) is 125 cm³/mol. The van der Waals surface area contributed by atoms with E-state index in [-0.39, 0.29) is 0 Å². The Morgan fingerprint density at radius 3 is 2.31 bits per heavy atom. The summed E-state index contributed by atoms with van der Waals surface area (Å²) in [5.41, 5.74) is 0.971. The highest BCUT2D eigenvalue weighted by molar-refractivity contribution is 6.00. The molecule has 0 fully saturated rings. The molecule has 3 amide bonds. The summed E-state index contributed by atoms with van der Waals surface area (Å²) in [6.07, 6.45) is 2.39. The van der Waals surface area contributed by atoms with Gasteiger partial charge in [-0.1, -0.05) is 30.3 Å². The zero-order chi connectivity index (χ0) is 23.7. The standard InChI is InChI=1S/C24H29N3O5/c1-16(25-21(28)14-11-17-9-7-6-8-10-17)22(29)26-18-12-13-20(31-5)19(15-18)27-23(30)32-24(2,3)4/h6-16H,1-5H3,(H,25,28)(H,26,29)(H,27,30)/b14-11+. The molecule has 8 nitrogen and oxygen atoms in total. The van der Waals surface area contributed by atoms with Gasteiger partial charge >= 0.3 is 6.09 Å². The number of nitrogens with one attached hydrogen (secondary N) is 3. The Balaban J connectivity index is 1.99. The highest BCUT2D eigenvalue weighted by atomic mass is 16.6. The maximum atomic E-state index is 12.5. The Labute approximate surface area is 188 Å². The molecule has 2 aromatic rings. The second kappa shape index (κ2) is 11.0. The topological polar surface area (TPSA) is 106 Å². The van der Waals surface area contributed by atoms with Gasteiger partial charge in [0.15, 0.2) is 0 Å². The number of rotatable bonds is 7. The van der Waals surface area contributed by atoms with Crippen molar-refractivity contribution in [2.75, 3.05) is 17.7 Å². The van der Waals surface area contributed by atoms with Crippen molar-refractivity contribution in [1.82, 2.24) is 5.32 Å². The minimum absolute atomic E-state index is 0.335. The van der Waals surface area contributed by atoms with E-state index in [1.165, 1.54) is 13.2 Å². The van der Waals surface area contributed by atoms with Crippen molar-refractivity contribution in [3.8, 4) is 5.75 Å². The molecule has 1 atom stereocenters.